The van der Waals surface area contributed by atoms with Crippen molar-refractivity contribution in [1.29, 1.82) is 0 Å². The summed E-state index contributed by atoms with van der Waals surface area (Å²) in [6.07, 6.45) is 1.59. The van der Waals surface area contributed by atoms with Gasteiger partial charge in [0.2, 0.25) is 0 Å². The number of aliphatic hydroxyl groups excluding tert-OH is 1. The van der Waals surface area contributed by atoms with E-state index in [0.717, 1.165) is 53.6 Å². The molecule has 1 saturated heterocycles. The van der Waals surface area contributed by atoms with Crippen molar-refractivity contribution in [3.63, 3.8) is 0 Å². The molecule has 2 aromatic carbocycles. The van der Waals surface area contributed by atoms with E-state index in [1.165, 1.54) is 17.4 Å². The Morgan fingerprint density at radius 1 is 1.15 bits per heavy atom. The minimum atomic E-state index is -0.944. The Morgan fingerprint density at radius 3 is 2.73 bits per heavy atom. The van der Waals surface area contributed by atoms with Crippen molar-refractivity contribution in [3.05, 3.63) is 94.2 Å². The summed E-state index contributed by atoms with van der Waals surface area (Å²) in [5, 5.41) is 14.4. The molecule has 1 unspecified atom stereocenters. The lowest BCUT2D eigenvalue weighted by Gasteiger charge is -2.33. The standard InChI is InChI=1S/C32H33FN4O3S/c1-20-7-5-9-24(33)29(20)35-31(38)27-19-21-13-16-37(26-11-4-3-8-23(26)30(21)41-27)32(39)25-10-6-12-28(34-25)36(2)22-14-17-40-18-15-22/h3-12,19,22,32,39H,13-18H2,1-2H3,(H,35,38). The van der Waals surface area contributed by atoms with Gasteiger partial charge in [0.05, 0.1) is 16.3 Å². The van der Waals surface area contributed by atoms with E-state index >= 15 is 0 Å². The van der Waals surface area contributed by atoms with Crippen molar-refractivity contribution >= 4 is 34.4 Å². The molecule has 2 aliphatic rings. The van der Waals surface area contributed by atoms with Crippen LogP contribution in [0, 0.1) is 12.7 Å². The number of amides is 1. The van der Waals surface area contributed by atoms with Gasteiger partial charge < -0.3 is 25.0 Å². The maximum Gasteiger partial charge on any atom is 0.265 e. The fourth-order valence-electron chi connectivity index (χ4n) is 5.65. The number of para-hydroxylation sites is 2. The highest BCUT2D eigenvalue weighted by Gasteiger charge is 2.29. The van der Waals surface area contributed by atoms with E-state index in [0.29, 0.717) is 35.1 Å². The summed E-state index contributed by atoms with van der Waals surface area (Å²) in [6.45, 7) is 3.80. The van der Waals surface area contributed by atoms with Crippen molar-refractivity contribution in [2.24, 2.45) is 0 Å². The van der Waals surface area contributed by atoms with E-state index in [-0.39, 0.29) is 11.6 Å². The third-order valence-electron chi connectivity index (χ3n) is 7.99. The van der Waals surface area contributed by atoms with Gasteiger partial charge in [-0.05, 0) is 67.6 Å². The van der Waals surface area contributed by atoms with Crippen LogP contribution in [0.25, 0.3) is 10.4 Å². The number of hydrogen-bond acceptors (Lipinski definition) is 7. The first-order valence-electron chi connectivity index (χ1n) is 13.9. The zero-order valence-corrected chi connectivity index (χ0v) is 24.0. The molecular weight excluding hydrogens is 539 g/mol. The predicted molar refractivity (Wildman–Crippen MR) is 161 cm³/mol. The molecule has 41 heavy (non-hydrogen) atoms. The van der Waals surface area contributed by atoms with Gasteiger partial charge >= 0.3 is 0 Å². The molecule has 4 aromatic rings. The molecular formula is C32H33FN4O3S. The number of ether oxygens (including phenoxy) is 1. The molecule has 7 nitrogen and oxygen atoms in total. The second-order valence-corrected chi connectivity index (χ2v) is 11.6. The Bertz CT molecular complexity index is 1550. The van der Waals surface area contributed by atoms with Crippen LogP contribution in [0.2, 0.25) is 0 Å². The SMILES string of the molecule is Cc1cccc(F)c1NC(=O)c1cc2c(s1)-c1ccccc1N(C(O)c1cccc(N(C)C3CCOCC3)n1)CC2. The van der Waals surface area contributed by atoms with Crippen molar-refractivity contribution in [2.45, 2.75) is 38.5 Å². The molecule has 2 aromatic heterocycles. The Balaban J connectivity index is 1.27. The number of pyridine rings is 1. The third kappa shape index (κ3) is 5.45. The second-order valence-electron chi connectivity index (χ2n) is 10.6. The lowest BCUT2D eigenvalue weighted by atomic mass is 10.1. The van der Waals surface area contributed by atoms with E-state index in [2.05, 4.69) is 17.3 Å². The average molecular weight is 573 g/mol. The maximum absolute atomic E-state index is 14.4. The first-order valence-corrected chi connectivity index (χ1v) is 14.7. The van der Waals surface area contributed by atoms with Crippen LogP contribution in [0.5, 0.6) is 0 Å². The maximum atomic E-state index is 14.4. The summed E-state index contributed by atoms with van der Waals surface area (Å²) in [4.78, 5) is 23.7. The number of rotatable bonds is 6. The van der Waals surface area contributed by atoms with Crippen molar-refractivity contribution in [2.75, 3.05) is 41.9 Å². The molecule has 1 amide bonds. The summed E-state index contributed by atoms with van der Waals surface area (Å²) in [5.41, 5.74) is 4.30. The van der Waals surface area contributed by atoms with Crippen LogP contribution in [0.3, 0.4) is 0 Å². The molecule has 0 spiro atoms. The van der Waals surface area contributed by atoms with Crippen LogP contribution in [-0.2, 0) is 11.2 Å². The summed E-state index contributed by atoms with van der Waals surface area (Å²) >= 11 is 1.39. The monoisotopic (exact) mass is 572 g/mol. The van der Waals surface area contributed by atoms with E-state index in [1.807, 2.05) is 53.4 Å². The Kier molecular flexibility index (Phi) is 7.75. The number of aliphatic hydroxyl groups is 1. The number of benzene rings is 2. The fourth-order valence-corrected chi connectivity index (χ4v) is 6.79. The van der Waals surface area contributed by atoms with E-state index in [1.54, 1.807) is 19.1 Å². The molecule has 6 rings (SSSR count). The first-order chi connectivity index (χ1) is 19.9. The highest BCUT2D eigenvalue weighted by atomic mass is 32.1. The number of fused-ring (bicyclic) bond motifs is 3. The number of carbonyl (C=O) groups excluding carboxylic acids is 1. The van der Waals surface area contributed by atoms with Crippen LogP contribution in [0.15, 0.2) is 66.7 Å². The molecule has 1 fully saturated rings. The lowest BCUT2D eigenvalue weighted by molar-refractivity contribution is 0.0853. The predicted octanol–water partition coefficient (Wildman–Crippen LogP) is 6.18. The molecule has 2 aliphatic heterocycles. The number of carbonyl (C=O) groups is 1. The zero-order chi connectivity index (χ0) is 28.5. The molecule has 0 bridgehead atoms. The van der Waals surface area contributed by atoms with Gasteiger partial charge in [-0.3, -0.25) is 4.79 Å². The smallest absolute Gasteiger partial charge is 0.265 e. The molecule has 212 valence electrons. The number of aromatic nitrogens is 1. The summed E-state index contributed by atoms with van der Waals surface area (Å²) in [5.74, 6) is 0.0415. The van der Waals surface area contributed by atoms with Gasteiger partial charge in [0, 0.05) is 49.0 Å². The van der Waals surface area contributed by atoms with Gasteiger partial charge in [0.25, 0.3) is 5.91 Å². The van der Waals surface area contributed by atoms with Crippen molar-refractivity contribution in [3.8, 4) is 10.4 Å². The molecule has 4 heterocycles. The van der Waals surface area contributed by atoms with Gasteiger partial charge in [-0.25, -0.2) is 9.37 Å². The summed E-state index contributed by atoms with van der Waals surface area (Å²) < 4.78 is 19.9. The largest absolute Gasteiger partial charge is 0.381 e. The Hall–Kier alpha value is -3.79. The van der Waals surface area contributed by atoms with Crippen LogP contribution in [0.1, 0.15) is 45.6 Å². The molecule has 9 heteroatoms. The van der Waals surface area contributed by atoms with E-state index < -0.39 is 12.0 Å². The normalized spacial score (nSPS) is 16.0. The van der Waals surface area contributed by atoms with Crippen LogP contribution >= 0.6 is 11.3 Å². The van der Waals surface area contributed by atoms with E-state index in [4.69, 9.17) is 9.72 Å². The van der Waals surface area contributed by atoms with Crippen LogP contribution < -0.4 is 15.1 Å². The number of aryl methyl sites for hydroxylation is 1. The van der Waals surface area contributed by atoms with Crippen molar-refractivity contribution < 1.29 is 19.0 Å². The molecule has 0 radical (unpaired) electrons. The zero-order valence-electron chi connectivity index (χ0n) is 23.1. The number of nitrogens with one attached hydrogen (secondary N) is 1. The quantitative estimate of drug-likeness (QED) is 0.287. The number of nitrogens with zero attached hydrogens (tertiary/aromatic N) is 3. The summed E-state index contributed by atoms with van der Waals surface area (Å²) in [7, 11) is 2.05. The van der Waals surface area contributed by atoms with Crippen LogP contribution in [0.4, 0.5) is 21.6 Å². The number of anilines is 3. The minimum absolute atomic E-state index is 0.202. The van der Waals surface area contributed by atoms with Gasteiger partial charge in [-0.15, -0.1) is 11.3 Å². The second kappa shape index (κ2) is 11.6. The summed E-state index contributed by atoms with van der Waals surface area (Å²) in [6, 6.07) is 20.7. The number of halogens is 1. The highest BCUT2D eigenvalue weighted by Crippen LogP contribution is 2.43. The van der Waals surface area contributed by atoms with E-state index in [9.17, 15) is 14.3 Å². The van der Waals surface area contributed by atoms with Gasteiger partial charge in [-0.1, -0.05) is 36.4 Å². The lowest BCUT2D eigenvalue weighted by Crippen LogP contribution is -2.37. The molecule has 1 atom stereocenters. The number of thiophene rings is 1. The van der Waals surface area contributed by atoms with Crippen molar-refractivity contribution in [1.82, 2.24) is 4.98 Å². The van der Waals surface area contributed by atoms with Gasteiger partial charge in [0.1, 0.15) is 11.6 Å². The van der Waals surface area contributed by atoms with Crippen LogP contribution in [-0.4, -0.2) is 48.8 Å². The molecule has 0 saturated carbocycles. The topological polar surface area (TPSA) is 77.9 Å². The minimum Gasteiger partial charge on any atom is -0.381 e. The average Bonchev–Trinajstić information content (AvgIpc) is 3.37. The third-order valence-corrected chi connectivity index (χ3v) is 9.20. The van der Waals surface area contributed by atoms with Gasteiger partial charge in [-0.2, -0.15) is 0 Å². The fraction of sp³-hybridized carbons (Fsp3) is 0.312. The Labute approximate surface area is 243 Å². The number of hydrogen-bond donors (Lipinski definition) is 2. The molecule has 2 N–H and O–H groups in total. The highest BCUT2D eigenvalue weighted by molar-refractivity contribution is 7.17. The van der Waals surface area contributed by atoms with Gasteiger partial charge in [0.15, 0.2) is 6.23 Å². The Morgan fingerprint density at radius 2 is 1.93 bits per heavy atom. The molecule has 0 aliphatic carbocycles. The first kappa shape index (κ1) is 27.4.